The maximum atomic E-state index is 12.8. The number of hydrogen-bond acceptors (Lipinski definition) is 4. The number of benzene rings is 2. The Hall–Kier alpha value is -3.28. The van der Waals surface area contributed by atoms with E-state index in [1.165, 1.54) is 17.3 Å². The van der Waals surface area contributed by atoms with Crippen LogP contribution >= 0.6 is 0 Å². The summed E-state index contributed by atoms with van der Waals surface area (Å²) in [5.74, 6) is 0. The molecule has 0 saturated heterocycles. The largest absolute Gasteiger partial charge is 0.280 e. The van der Waals surface area contributed by atoms with Crippen LogP contribution in [0.15, 0.2) is 70.8 Å². The van der Waals surface area contributed by atoms with Crippen molar-refractivity contribution in [2.75, 3.05) is 0 Å². The van der Waals surface area contributed by atoms with Gasteiger partial charge < -0.3 is 0 Å². The number of hydrogen-bond donors (Lipinski definition) is 0. The molecular formula is C16H10N4O2. The average Bonchev–Trinajstić information content (AvgIpc) is 3.06. The molecule has 0 atom stereocenters. The van der Waals surface area contributed by atoms with Gasteiger partial charge >= 0.3 is 0 Å². The first-order valence-corrected chi connectivity index (χ1v) is 6.69. The van der Waals surface area contributed by atoms with E-state index < -0.39 is 11.1 Å². The molecule has 2 aromatic carbocycles. The van der Waals surface area contributed by atoms with Crippen LogP contribution < -0.4 is 11.1 Å². The van der Waals surface area contributed by atoms with E-state index in [2.05, 4.69) is 10.2 Å². The van der Waals surface area contributed by atoms with E-state index >= 15 is 0 Å². The van der Waals surface area contributed by atoms with Crippen LogP contribution in [0.2, 0.25) is 0 Å². The van der Waals surface area contributed by atoms with Crippen LogP contribution in [0.5, 0.6) is 0 Å². The van der Waals surface area contributed by atoms with Crippen molar-refractivity contribution in [2.45, 2.75) is 0 Å². The lowest BCUT2D eigenvalue weighted by atomic mass is 10.1. The molecule has 0 unspecified atom stereocenters. The fourth-order valence-electron chi connectivity index (χ4n) is 2.64. The normalized spacial score (nSPS) is 11.1. The summed E-state index contributed by atoms with van der Waals surface area (Å²) in [5, 5.41) is 9.77. The van der Waals surface area contributed by atoms with Gasteiger partial charge in [0.05, 0.1) is 0 Å². The molecule has 0 spiro atoms. The molecule has 0 fully saturated rings. The zero-order valence-electron chi connectivity index (χ0n) is 11.4. The second-order valence-corrected chi connectivity index (χ2v) is 4.86. The maximum absolute atomic E-state index is 12.8. The van der Waals surface area contributed by atoms with Gasteiger partial charge in [0.15, 0.2) is 0 Å². The zero-order chi connectivity index (χ0) is 15.1. The summed E-state index contributed by atoms with van der Waals surface area (Å²) in [4.78, 5) is 25.7. The minimum absolute atomic E-state index is 0.406. The summed E-state index contributed by atoms with van der Waals surface area (Å²) in [7, 11) is 0. The van der Waals surface area contributed by atoms with Crippen molar-refractivity contribution in [3.63, 3.8) is 0 Å². The van der Waals surface area contributed by atoms with Gasteiger partial charge in [-0.05, 0) is 22.9 Å². The molecule has 2 aromatic heterocycles. The van der Waals surface area contributed by atoms with Gasteiger partial charge in [-0.2, -0.15) is 4.68 Å². The van der Waals surface area contributed by atoms with E-state index in [4.69, 9.17) is 0 Å². The summed E-state index contributed by atoms with van der Waals surface area (Å²) in [6.07, 6.45) is 2.65. The molecule has 0 N–H and O–H groups in total. The van der Waals surface area contributed by atoms with Crippen LogP contribution in [0.4, 0.5) is 0 Å². The summed E-state index contributed by atoms with van der Waals surface area (Å²) < 4.78 is 2.34. The monoisotopic (exact) mass is 290 g/mol. The topological polar surface area (TPSA) is 69.8 Å². The van der Waals surface area contributed by atoms with E-state index in [1.807, 2.05) is 24.3 Å². The molecule has 0 amide bonds. The van der Waals surface area contributed by atoms with Gasteiger partial charge in [0.25, 0.3) is 11.1 Å². The fourth-order valence-corrected chi connectivity index (χ4v) is 2.64. The molecule has 0 aliphatic carbocycles. The van der Waals surface area contributed by atoms with Crippen LogP contribution in [0, 0.1) is 0 Å². The highest BCUT2D eigenvalue weighted by atomic mass is 16.2. The standard InChI is InChI=1S/C16H10N4O2/c21-15-13-7-3-1-5-11(13)12-6-2-4-8-14(12)16(22)20(15)19-9-17-18-10-19/h1-10H. The van der Waals surface area contributed by atoms with E-state index in [9.17, 15) is 9.59 Å². The van der Waals surface area contributed by atoms with Gasteiger partial charge in [0.1, 0.15) is 12.7 Å². The predicted octanol–water partition coefficient (Wildman–Crippen LogP) is 1.42. The second kappa shape index (κ2) is 4.63. The van der Waals surface area contributed by atoms with E-state index in [0.717, 1.165) is 15.4 Å². The molecule has 106 valence electrons. The Morgan fingerprint density at radius 3 is 1.50 bits per heavy atom. The third-order valence-electron chi connectivity index (χ3n) is 3.63. The summed E-state index contributed by atoms with van der Waals surface area (Å²) in [6, 6.07) is 14.4. The van der Waals surface area contributed by atoms with Crippen LogP contribution in [-0.2, 0) is 0 Å². The van der Waals surface area contributed by atoms with Gasteiger partial charge in [-0.25, -0.2) is 4.68 Å². The van der Waals surface area contributed by atoms with Crippen molar-refractivity contribution in [1.29, 1.82) is 0 Å². The maximum Gasteiger partial charge on any atom is 0.280 e. The Morgan fingerprint density at radius 1 is 0.636 bits per heavy atom. The molecule has 0 radical (unpaired) electrons. The first-order valence-electron chi connectivity index (χ1n) is 6.69. The van der Waals surface area contributed by atoms with Crippen LogP contribution in [0.3, 0.4) is 0 Å². The second-order valence-electron chi connectivity index (χ2n) is 4.86. The Balaban J connectivity index is 2.41. The fraction of sp³-hybridized carbons (Fsp3) is 0. The third kappa shape index (κ3) is 1.67. The van der Waals surface area contributed by atoms with Gasteiger partial charge in [-0.1, -0.05) is 36.4 Å². The van der Waals surface area contributed by atoms with Gasteiger partial charge in [0, 0.05) is 10.8 Å². The predicted molar refractivity (Wildman–Crippen MR) is 82.8 cm³/mol. The van der Waals surface area contributed by atoms with E-state index in [0.29, 0.717) is 10.8 Å². The first kappa shape index (κ1) is 12.5. The molecule has 0 saturated carbocycles. The third-order valence-corrected chi connectivity index (χ3v) is 3.63. The minimum atomic E-state index is -0.406. The zero-order valence-corrected chi connectivity index (χ0v) is 11.4. The number of rotatable bonds is 1. The van der Waals surface area contributed by atoms with E-state index in [1.54, 1.807) is 24.3 Å². The molecular weight excluding hydrogens is 280 g/mol. The Labute approximate surface area is 123 Å². The molecule has 4 rings (SSSR count). The molecule has 4 aromatic rings. The quantitative estimate of drug-likeness (QED) is 0.531. The highest BCUT2D eigenvalue weighted by Gasteiger charge is 2.11. The van der Waals surface area contributed by atoms with Crippen molar-refractivity contribution in [3.05, 3.63) is 81.9 Å². The lowest BCUT2D eigenvalue weighted by Crippen LogP contribution is -2.34. The van der Waals surface area contributed by atoms with Crippen LogP contribution in [0.1, 0.15) is 0 Å². The van der Waals surface area contributed by atoms with Crippen LogP contribution in [0.25, 0.3) is 21.5 Å². The average molecular weight is 290 g/mol. The lowest BCUT2D eigenvalue weighted by molar-refractivity contribution is 0.616. The smallest absolute Gasteiger partial charge is 0.267 e. The van der Waals surface area contributed by atoms with E-state index in [-0.39, 0.29) is 0 Å². The summed E-state index contributed by atoms with van der Waals surface area (Å²) in [5.41, 5.74) is -0.812. The Morgan fingerprint density at radius 2 is 1.05 bits per heavy atom. The van der Waals surface area contributed by atoms with Crippen molar-refractivity contribution >= 4 is 21.5 Å². The molecule has 6 heteroatoms. The molecule has 0 bridgehead atoms. The number of nitrogens with zero attached hydrogens (tertiary/aromatic N) is 4. The molecule has 2 heterocycles. The van der Waals surface area contributed by atoms with Gasteiger partial charge in [-0.3, -0.25) is 9.59 Å². The van der Waals surface area contributed by atoms with Gasteiger partial charge in [-0.15, -0.1) is 10.2 Å². The highest BCUT2D eigenvalue weighted by molar-refractivity contribution is 6.05. The Bertz CT molecular complexity index is 1040. The summed E-state index contributed by atoms with van der Waals surface area (Å²) in [6.45, 7) is 0. The van der Waals surface area contributed by atoms with Crippen molar-refractivity contribution in [3.8, 4) is 0 Å². The lowest BCUT2D eigenvalue weighted by Gasteiger charge is -2.00. The SMILES string of the molecule is O=c1c2ccccc2c2ccccc2c(=O)n1-n1cnnc1. The van der Waals surface area contributed by atoms with Crippen molar-refractivity contribution < 1.29 is 0 Å². The molecule has 0 aliphatic heterocycles. The molecule has 22 heavy (non-hydrogen) atoms. The minimum Gasteiger partial charge on any atom is -0.267 e. The number of fused-ring (bicyclic) bond motifs is 3. The van der Waals surface area contributed by atoms with Gasteiger partial charge in [0.2, 0.25) is 0 Å². The van der Waals surface area contributed by atoms with Crippen molar-refractivity contribution in [1.82, 2.24) is 19.5 Å². The highest BCUT2D eigenvalue weighted by Crippen LogP contribution is 2.19. The first-order chi connectivity index (χ1) is 10.8. The molecule has 6 nitrogen and oxygen atoms in total. The summed E-state index contributed by atoms with van der Waals surface area (Å²) >= 11 is 0. The Kier molecular flexibility index (Phi) is 2.62. The van der Waals surface area contributed by atoms with Crippen LogP contribution in [-0.4, -0.2) is 19.5 Å². The number of aromatic nitrogens is 4. The molecule has 0 aliphatic rings. The van der Waals surface area contributed by atoms with Crippen molar-refractivity contribution in [2.24, 2.45) is 0 Å².